The number of carbonyl (C=O) groups excluding carboxylic acids is 1. The van der Waals surface area contributed by atoms with Gasteiger partial charge in [0.25, 0.3) is 5.91 Å². The van der Waals surface area contributed by atoms with Crippen LogP contribution in [0, 0.1) is 6.92 Å². The van der Waals surface area contributed by atoms with E-state index < -0.39 is 0 Å². The molecule has 4 heteroatoms. The number of hydrogen-bond donors (Lipinski definition) is 0. The van der Waals surface area contributed by atoms with Crippen molar-refractivity contribution in [3.8, 4) is 0 Å². The van der Waals surface area contributed by atoms with Crippen molar-refractivity contribution in [2.45, 2.75) is 13.0 Å². The number of benzene rings is 2. The van der Waals surface area contributed by atoms with Crippen molar-refractivity contribution in [3.05, 3.63) is 70.2 Å². The molecular formula is C18H18ClNO2. The Hall–Kier alpha value is -1.84. The van der Waals surface area contributed by atoms with Crippen LogP contribution in [0.5, 0.6) is 0 Å². The summed E-state index contributed by atoms with van der Waals surface area (Å²) in [7, 11) is 0. The van der Waals surface area contributed by atoms with Crippen LogP contribution >= 0.6 is 11.6 Å². The maximum absolute atomic E-state index is 12.7. The predicted molar refractivity (Wildman–Crippen MR) is 87.2 cm³/mol. The van der Waals surface area contributed by atoms with E-state index in [0.29, 0.717) is 24.7 Å². The third-order valence-corrected chi connectivity index (χ3v) is 4.21. The van der Waals surface area contributed by atoms with Gasteiger partial charge in [0.15, 0.2) is 0 Å². The summed E-state index contributed by atoms with van der Waals surface area (Å²) >= 11 is 6.24. The fraction of sp³-hybridized carbons (Fsp3) is 0.278. The molecule has 0 radical (unpaired) electrons. The summed E-state index contributed by atoms with van der Waals surface area (Å²) in [5.74, 6) is 0.0454. The molecule has 1 saturated heterocycles. The van der Waals surface area contributed by atoms with Gasteiger partial charge in [0.2, 0.25) is 0 Å². The molecule has 0 spiro atoms. The molecule has 2 aromatic carbocycles. The van der Waals surface area contributed by atoms with Gasteiger partial charge >= 0.3 is 0 Å². The molecule has 0 aromatic heterocycles. The molecule has 0 N–H and O–H groups in total. The van der Waals surface area contributed by atoms with Gasteiger partial charge in [-0.05, 0) is 25.1 Å². The molecule has 3 rings (SSSR count). The van der Waals surface area contributed by atoms with Crippen LogP contribution in [0.3, 0.4) is 0 Å². The Labute approximate surface area is 135 Å². The zero-order valence-electron chi connectivity index (χ0n) is 12.5. The van der Waals surface area contributed by atoms with Crippen LogP contribution in [0.2, 0.25) is 5.02 Å². The first-order valence-electron chi connectivity index (χ1n) is 7.37. The van der Waals surface area contributed by atoms with Crippen LogP contribution in [-0.4, -0.2) is 30.5 Å². The van der Waals surface area contributed by atoms with E-state index in [1.54, 1.807) is 0 Å². The number of hydrogen-bond acceptors (Lipinski definition) is 2. The minimum atomic E-state index is -0.170. The van der Waals surface area contributed by atoms with Gasteiger partial charge in [-0.15, -0.1) is 0 Å². The molecule has 1 atom stereocenters. The minimum Gasteiger partial charge on any atom is -0.370 e. The highest BCUT2D eigenvalue weighted by Gasteiger charge is 2.27. The highest BCUT2D eigenvalue weighted by atomic mass is 35.5. The molecular weight excluding hydrogens is 298 g/mol. The molecule has 1 aliphatic heterocycles. The van der Waals surface area contributed by atoms with Gasteiger partial charge in [-0.1, -0.05) is 47.5 Å². The Bertz CT molecular complexity index is 686. The van der Waals surface area contributed by atoms with Crippen LogP contribution < -0.4 is 0 Å². The van der Waals surface area contributed by atoms with E-state index in [-0.39, 0.29) is 12.0 Å². The molecule has 1 unspecified atom stereocenters. The Kier molecular flexibility index (Phi) is 4.46. The van der Waals surface area contributed by atoms with E-state index in [1.165, 1.54) is 0 Å². The first-order valence-corrected chi connectivity index (χ1v) is 7.75. The van der Waals surface area contributed by atoms with E-state index in [4.69, 9.17) is 16.3 Å². The lowest BCUT2D eigenvalue weighted by Crippen LogP contribution is -2.42. The van der Waals surface area contributed by atoms with Crippen LogP contribution in [0.4, 0.5) is 0 Å². The van der Waals surface area contributed by atoms with Crippen LogP contribution in [0.25, 0.3) is 0 Å². The molecule has 2 aromatic rings. The van der Waals surface area contributed by atoms with Crippen molar-refractivity contribution in [1.29, 1.82) is 0 Å². The number of rotatable bonds is 2. The standard InChI is InChI=1S/C18H18ClNO2/c1-13-5-4-6-14(11-13)18(21)20-9-10-22-17(12-20)15-7-2-3-8-16(15)19/h2-8,11,17H,9-10,12H2,1H3. The summed E-state index contributed by atoms with van der Waals surface area (Å²) in [6.07, 6.45) is -0.170. The number of ether oxygens (including phenoxy) is 1. The summed E-state index contributed by atoms with van der Waals surface area (Å²) in [6, 6.07) is 15.3. The lowest BCUT2D eigenvalue weighted by Gasteiger charge is -2.33. The lowest BCUT2D eigenvalue weighted by molar-refractivity contribution is -0.0227. The molecule has 22 heavy (non-hydrogen) atoms. The molecule has 1 amide bonds. The Balaban J connectivity index is 1.78. The molecule has 3 nitrogen and oxygen atoms in total. The van der Waals surface area contributed by atoms with Crippen LogP contribution in [0.15, 0.2) is 48.5 Å². The van der Waals surface area contributed by atoms with Crippen molar-refractivity contribution in [3.63, 3.8) is 0 Å². The van der Waals surface area contributed by atoms with E-state index in [1.807, 2.05) is 60.4 Å². The van der Waals surface area contributed by atoms with E-state index in [9.17, 15) is 4.79 Å². The molecule has 1 fully saturated rings. The average molecular weight is 316 g/mol. The van der Waals surface area contributed by atoms with Gasteiger partial charge in [-0.2, -0.15) is 0 Å². The van der Waals surface area contributed by atoms with E-state index >= 15 is 0 Å². The fourth-order valence-corrected chi connectivity index (χ4v) is 2.98. The Morgan fingerprint density at radius 1 is 1.23 bits per heavy atom. The Morgan fingerprint density at radius 2 is 2.05 bits per heavy atom. The van der Waals surface area contributed by atoms with Gasteiger partial charge < -0.3 is 9.64 Å². The van der Waals surface area contributed by atoms with E-state index in [2.05, 4.69) is 0 Å². The molecule has 0 bridgehead atoms. The second kappa shape index (κ2) is 6.51. The fourth-order valence-electron chi connectivity index (χ4n) is 2.72. The summed E-state index contributed by atoms with van der Waals surface area (Å²) in [4.78, 5) is 14.5. The third kappa shape index (κ3) is 3.16. The minimum absolute atomic E-state index is 0.0454. The van der Waals surface area contributed by atoms with Gasteiger partial charge in [0, 0.05) is 22.7 Å². The summed E-state index contributed by atoms with van der Waals surface area (Å²) in [6.45, 7) is 3.64. The lowest BCUT2D eigenvalue weighted by atomic mass is 10.1. The zero-order chi connectivity index (χ0) is 15.5. The second-order valence-corrected chi connectivity index (χ2v) is 5.91. The second-order valence-electron chi connectivity index (χ2n) is 5.50. The number of halogens is 1. The maximum Gasteiger partial charge on any atom is 0.254 e. The highest BCUT2D eigenvalue weighted by Crippen LogP contribution is 2.28. The zero-order valence-corrected chi connectivity index (χ0v) is 13.2. The van der Waals surface area contributed by atoms with Gasteiger partial charge in [0.05, 0.1) is 13.2 Å². The number of carbonyl (C=O) groups is 1. The molecule has 0 saturated carbocycles. The summed E-state index contributed by atoms with van der Waals surface area (Å²) in [5.41, 5.74) is 2.74. The molecule has 114 valence electrons. The van der Waals surface area contributed by atoms with Crippen LogP contribution in [-0.2, 0) is 4.74 Å². The maximum atomic E-state index is 12.7. The largest absolute Gasteiger partial charge is 0.370 e. The van der Waals surface area contributed by atoms with Gasteiger partial charge in [-0.25, -0.2) is 0 Å². The number of nitrogens with zero attached hydrogens (tertiary/aromatic N) is 1. The average Bonchev–Trinajstić information content (AvgIpc) is 2.55. The van der Waals surface area contributed by atoms with Crippen molar-refractivity contribution in [1.82, 2.24) is 4.90 Å². The van der Waals surface area contributed by atoms with Crippen LogP contribution in [0.1, 0.15) is 27.6 Å². The number of morpholine rings is 1. The highest BCUT2D eigenvalue weighted by molar-refractivity contribution is 6.31. The normalized spacial score (nSPS) is 18.3. The van der Waals surface area contributed by atoms with E-state index in [0.717, 1.165) is 16.7 Å². The smallest absolute Gasteiger partial charge is 0.254 e. The summed E-state index contributed by atoms with van der Waals surface area (Å²) < 4.78 is 5.81. The van der Waals surface area contributed by atoms with Crippen molar-refractivity contribution in [2.75, 3.05) is 19.7 Å². The quantitative estimate of drug-likeness (QED) is 0.842. The predicted octanol–water partition coefficient (Wildman–Crippen LogP) is 3.86. The first-order chi connectivity index (χ1) is 10.6. The molecule has 1 heterocycles. The van der Waals surface area contributed by atoms with Crippen molar-refractivity contribution in [2.24, 2.45) is 0 Å². The molecule has 0 aliphatic carbocycles. The first kappa shape index (κ1) is 15.1. The number of aryl methyl sites for hydroxylation is 1. The molecule has 1 aliphatic rings. The van der Waals surface area contributed by atoms with Gasteiger partial charge in [0.1, 0.15) is 6.10 Å². The topological polar surface area (TPSA) is 29.5 Å². The monoisotopic (exact) mass is 315 g/mol. The Morgan fingerprint density at radius 3 is 2.82 bits per heavy atom. The van der Waals surface area contributed by atoms with Gasteiger partial charge in [-0.3, -0.25) is 4.79 Å². The van der Waals surface area contributed by atoms with Crippen molar-refractivity contribution < 1.29 is 9.53 Å². The SMILES string of the molecule is Cc1cccc(C(=O)N2CCOC(c3ccccc3Cl)C2)c1. The number of amides is 1. The van der Waals surface area contributed by atoms with Crippen molar-refractivity contribution >= 4 is 17.5 Å². The summed E-state index contributed by atoms with van der Waals surface area (Å²) in [5, 5.41) is 0.678. The third-order valence-electron chi connectivity index (χ3n) is 3.87.